The number of rotatable bonds is 3. The van der Waals surface area contributed by atoms with Crippen molar-refractivity contribution in [2.24, 2.45) is 0 Å². The number of hydrogen-bond acceptors (Lipinski definition) is 4. The van der Waals surface area contributed by atoms with Crippen molar-refractivity contribution < 1.29 is 4.42 Å². The zero-order valence-electron chi connectivity index (χ0n) is 8.60. The van der Waals surface area contributed by atoms with Crippen molar-refractivity contribution in [3.63, 3.8) is 0 Å². The minimum atomic E-state index is 0.554. The Morgan fingerprint density at radius 2 is 1.93 bits per heavy atom. The SMILES string of the molecule is CCCc1nnc(-c2ccc(N)cc2)o1. The molecule has 0 bridgehead atoms. The fourth-order valence-electron chi connectivity index (χ4n) is 1.31. The summed E-state index contributed by atoms with van der Waals surface area (Å²) in [5.41, 5.74) is 7.22. The summed E-state index contributed by atoms with van der Waals surface area (Å²) in [6.07, 6.45) is 1.82. The number of anilines is 1. The number of nitrogens with two attached hydrogens (primary N) is 1. The van der Waals surface area contributed by atoms with E-state index in [0.717, 1.165) is 24.1 Å². The van der Waals surface area contributed by atoms with Gasteiger partial charge in [0.2, 0.25) is 11.8 Å². The van der Waals surface area contributed by atoms with E-state index < -0.39 is 0 Å². The fraction of sp³-hybridized carbons (Fsp3) is 0.273. The molecule has 4 nitrogen and oxygen atoms in total. The molecule has 1 heterocycles. The highest BCUT2D eigenvalue weighted by atomic mass is 16.4. The second-order valence-electron chi connectivity index (χ2n) is 3.37. The summed E-state index contributed by atoms with van der Waals surface area (Å²) in [5, 5.41) is 7.93. The van der Waals surface area contributed by atoms with Gasteiger partial charge in [0.15, 0.2) is 0 Å². The van der Waals surface area contributed by atoms with Crippen LogP contribution in [0.4, 0.5) is 5.69 Å². The first-order valence-corrected chi connectivity index (χ1v) is 4.98. The molecule has 0 aliphatic carbocycles. The van der Waals surface area contributed by atoms with Gasteiger partial charge in [0.05, 0.1) is 0 Å². The molecule has 0 spiro atoms. The van der Waals surface area contributed by atoms with Crippen LogP contribution in [-0.2, 0) is 6.42 Å². The van der Waals surface area contributed by atoms with Gasteiger partial charge in [-0.1, -0.05) is 6.92 Å². The molecule has 4 heteroatoms. The van der Waals surface area contributed by atoms with Crippen molar-refractivity contribution in [3.8, 4) is 11.5 Å². The smallest absolute Gasteiger partial charge is 0.247 e. The molecule has 0 fully saturated rings. The summed E-state index contributed by atoms with van der Waals surface area (Å²) in [7, 11) is 0. The van der Waals surface area contributed by atoms with E-state index in [2.05, 4.69) is 17.1 Å². The standard InChI is InChI=1S/C11H13N3O/c1-2-3-10-13-14-11(15-10)8-4-6-9(12)7-5-8/h4-7H,2-3,12H2,1H3. The van der Waals surface area contributed by atoms with Gasteiger partial charge in [0.1, 0.15) is 0 Å². The van der Waals surface area contributed by atoms with E-state index in [1.165, 1.54) is 0 Å². The Balaban J connectivity index is 2.25. The Hall–Kier alpha value is -1.84. The second kappa shape index (κ2) is 4.13. The summed E-state index contributed by atoms with van der Waals surface area (Å²) in [6.45, 7) is 2.08. The van der Waals surface area contributed by atoms with E-state index >= 15 is 0 Å². The lowest BCUT2D eigenvalue weighted by atomic mass is 10.2. The normalized spacial score (nSPS) is 10.5. The van der Waals surface area contributed by atoms with Gasteiger partial charge >= 0.3 is 0 Å². The van der Waals surface area contributed by atoms with E-state index in [1.54, 1.807) is 0 Å². The van der Waals surface area contributed by atoms with Crippen molar-refractivity contribution in [2.75, 3.05) is 5.73 Å². The Kier molecular flexibility index (Phi) is 2.67. The van der Waals surface area contributed by atoms with Crippen molar-refractivity contribution in [1.82, 2.24) is 10.2 Å². The lowest BCUT2D eigenvalue weighted by molar-refractivity contribution is 0.502. The van der Waals surface area contributed by atoms with Crippen LogP contribution in [0.5, 0.6) is 0 Å². The van der Waals surface area contributed by atoms with E-state index in [9.17, 15) is 0 Å². The Morgan fingerprint density at radius 3 is 2.60 bits per heavy atom. The van der Waals surface area contributed by atoms with Gasteiger partial charge in [0.25, 0.3) is 0 Å². The molecule has 0 aliphatic heterocycles. The number of nitrogen functional groups attached to an aromatic ring is 1. The molecule has 0 unspecified atom stereocenters. The third-order valence-corrected chi connectivity index (χ3v) is 2.09. The van der Waals surface area contributed by atoms with Gasteiger partial charge in [-0.3, -0.25) is 0 Å². The number of nitrogens with zero attached hydrogens (tertiary/aromatic N) is 2. The molecule has 0 atom stereocenters. The largest absolute Gasteiger partial charge is 0.421 e. The van der Waals surface area contributed by atoms with Crippen molar-refractivity contribution in [3.05, 3.63) is 30.2 Å². The van der Waals surface area contributed by atoms with Crippen molar-refractivity contribution >= 4 is 5.69 Å². The highest BCUT2D eigenvalue weighted by Crippen LogP contribution is 2.19. The zero-order valence-corrected chi connectivity index (χ0v) is 8.60. The van der Waals surface area contributed by atoms with Crippen LogP contribution in [0, 0.1) is 0 Å². The van der Waals surface area contributed by atoms with Crippen LogP contribution < -0.4 is 5.73 Å². The van der Waals surface area contributed by atoms with Crippen LogP contribution in [0.2, 0.25) is 0 Å². The molecule has 15 heavy (non-hydrogen) atoms. The fourth-order valence-corrected chi connectivity index (χ4v) is 1.31. The predicted octanol–water partition coefficient (Wildman–Crippen LogP) is 2.27. The maximum atomic E-state index is 5.59. The first-order chi connectivity index (χ1) is 7.29. The van der Waals surface area contributed by atoms with Crippen LogP contribution in [0.3, 0.4) is 0 Å². The van der Waals surface area contributed by atoms with Gasteiger partial charge in [-0.25, -0.2) is 0 Å². The minimum Gasteiger partial charge on any atom is -0.421 e. The van der Waals surface area contributed by atoms with Crippen LogP contribution in [0.1, 0.15) is 19.2 Å². The van der Waals surface area contributed by atoms with Crippen molar-refractivity contribution in [2.45, 2.75) is 19.8 Å². The van der Waals surface area contributed by atoms with Crippen LogP contribution in [0.25, 0.3) is 11.5 Å². The maximum Gasteiger partial charge on any atom is 0.247 e. The van der Waals surface area contributed by atoms with E-state index in [0.29, 0.717) is 11.8 Å². The van der Waals surface area contributed by atoms with Gasteiger partial charge in [-0.2, -0.15) is 0 Å². The molecular weight excluding hydrogens is 190 g/mol. The molecular formula is C11H13N3O. The second-order valence-corrected chi connectivity index (χ2v) is 3.37. The lowest BCUT2D eigenvalue weighted by Crippen LogP contribution is -1.83. The quantitative estimate of drug-likeness (QED) is 0.777. The average molecular weight is 203 g/mol. The van der Waals surface area contributed by atoms with Crippen LogP contribution in [-0.4, -0.2) is 10.2 Å². The van der Waals surface area contributed by atoms with Gasteiger partial charge in [-0.05, 0) is 30.7 Å². The number of aryl methyl sites for hydroxylation is 1. The molecule has 0 amide bonds. The van der Waals surface area contributed by atoms with Gasteiger partial charge in [0, 0.05) is 17.7 Å². The third-order valence-electron chi connectivity index (χ3n) is 2.09. The molecule has 1 aromatic heterocycles. The van der Waals surface area contributed by atoms with E-state index in [1.807, 2.05) is 24.3 Å². The van der Waals surface area contributed by atoms with Gasteiger partial charge in [-0.15, -0.1) is 10.2 Å². The Bertz CT molecular complexity index is 433. The van der Waals surface area contributed by atoms with Gasteiger partial charge < -0.3 is 10.2 Å². The molecule has 0 radical (unpaired) electrons. The summed E-state index contributed by atoms with van der Waals surface area (Å²) in [4.78, 5) is 0. The summed E-state index contributed by atoms with van der Waals surface area (Å²) in [6, 6.07) is 7.38. The van der Waals surface area contributed by atoms with Crippen LogP contribution in [0.15, 0.2) is 28.7 Å². The summed E-state index contributed by atoms with van der Waals surface area (Å²) in [5.74, 6) is 1.24. The zero-order chi connectivity index (χ0) is 10.7. The first kappa shape index (κ1) is 9.71. The van der Waals surface area contributed by atoms with Crippen LogP contribution >= 0.6 is 0 Å². The molecule has 2 aromatic rings. The highest BCUT2D eigenvalue weighted by molar-refractivity contribution is 5.56. The molecule has 2 N–H and O–H groups in total. The topological polar surface area (TPSA) is 64.9 Å². The summed E-state index contributed by atoms with van der Waals surface area (Å²) >= 11 is 0. The predicted molar refractivity (Wildman–Crippen MR) is 58.1 cm³/mol. The molecule has 0 saturated heterocycles. The molecule has 0 saturated carbocycles. The number of hydrogen-bond donors (Lipinski definition) is 1. The highest BCUT2D eigenvalue weighted by Gasteiger charge is 2.06. The molecule has 1 aromatic carbocycles. The first-order valence-electron chi connectivity index (χ1n) is 4.98. The number of aromatic nitrogens is 2. The van der Waals surface area contributed by atoms with E-state index in [4.69, 9.17) is 10.2 Å². The summed E-state index contributed by atoms with van der Waals surface area (Å²) < 4.78 is 5.49. The molecule has 78 valence electrons. The monoisotopic (exact) mass is 203 g/mol. The maximum absolute atomic E-state index is 5.59. The Morgan fingerprint density at radius 1 is 1.20 bits per heavy atom. The average Bonchev–Trinajstić information content (AvgIpc) is 2.68. The van der Waals surface area contributed by atoms with E-state index in [-0.39, 0.29) is 0 Å². The Labute approximate surface area is 88.1 Å². The molecule has 2 rings (SSSR count). The number of benzene rings is 1. The molecule has 0 aliphatic rings. The van der Waals surface area contributed by atoms with Crippen molar-refractivity contribution in [1.29, 1.82) is 0 Å². The lowest BCUT2D eigenvalue weighted by Gasteiger charge is -1.95. The minimum absolute atomic E-state index is 0.554. The third kappa shape index (κ3) is 2.15.